The van der Waals surface area contributed by atoms with Gasteiger partial charge in [0.1, 0.15) is 11.2 Å². The van der Waals surface area contributed by atoms with Gasteiger partial charge in [0.25, 0.3) is 0 Å². The van der Waals surface area contributed by atoms with E-state index in [1.807, 2.05) is 30.3 Å². The highest BCUT2D eigenvalue weighted by molar-refractivity contribution is 6.09. The predicted molar refractivity (Wildman–Crippen MR) is 251 cm³/mol. The van der Waals surface area contributed by atoms with Gasteiger partial charge in [-0.15, -0.1) is 0 Å². The fourth-order valence-electron chi connectivity index (χ4n) is 10.2. The molecule has 9 aromatic carbocycles. The number of furan rings is 1. The Morgan fingerprint density at radius 3 is 1.42 bits per heavy atom. The number of rotatable bonds is 4. The third kappa shape index (κ3) is 5.04. The number of para-hydroxylation sites is 1. The summed E-state index contributed by atoms with van der Waals surface area (Å²) in [6.45, 7) is 0. The summed E-state index contributed by atoms with van der Waals surface area (Å²) in [7, 11) is 0. The van der Waals surface area contributed by atoms with Gasteiger partial charge in [0.15, 0.2) is 17.5 Å². The highest BCUT2D eigenvalue weighted by atomic mass is 16.3. The molecule has 0 aliphatic heterocycles. The van der Waals surface area contributed by atoms with Crippen molar-refractivity contribution in [3.63, 3.8) is 0 Å². The van der Waals surface area contributed by atoms with Gasteiger partial charge in [0.05, 0.1) is 5.41 Å². The minimum absolute atomic E-state index is 0.621. The minimum Gasteiger partial charge on any atom is -0.456 e. The molecule has 0 saturated carbocycles. The van der Waals surface area contributed by atoms with Crippen LogP contribution < -0.4 is 0 Å². The van der Waals surface area contributed by atoms with Crippen LogP contribution in [0.1, 0.15) is 22.3 Å². The van der Waals surface area contributed by atoms with Gasteiger partial charge in [0.2, 0.25) is 0 Å². The van der Waals surface area contributed by atoms with Crippen LogP contribution in [0.25, 0.3) is 101 Å². The summed E-state index contributed by atoms with van der Waals surface area (Å²) in [5, 5.41) is 2.23. The van der Waals surface area contributed by atoms with Crippen LogP contribution in [0.4, 0.5) is 0 Å². The molecular weight excluding hydrogens is 755 g/mol. The highest BCUT2D eigenvalue weighted by Crippen LogP contribution is 2.62. The second-order valence-electron chi connectivity index (χ2n) is 16.3. The number of hydrogen-bond donors (Lipinski definition) is 0. The third-order valence-corrected chi connectivity index (χ3v) is 13.0. The largest absolute Gasteiger partial charge is 0.456 e. The van der Waals surface area contributed by atoms with E-state index in [2.05, 4.69) is 182 Å². The van der Waals surface area contributed by atoms with Crippen LogP contribution in [0.3, 0.4) is 0 Å². The van der Waals surface area contributed by atoms with E-state index >= 15 is 0 Å². The van der Waals surface area contributed by atoms with E-state index in [1.54, 1.807) is 0 Å². The van der Waals surface area contributed by atoms with Gasteiger partial charge in [-0.1, -0.05) is 188 Å². The topological polar surface area (TPSA) is 51.8 Å². The average Bonchev–Trinajstić information content (AvgIpc) is 3.82. The zero-order valence-electron chi connectivity index (χ0n) is 33.5. The third-order valence-electron chi connectivity index (χ3n) is 13.0. The molecule has 2 aliphatic carbocycles. The maximum absolute atomic E-state index is 6.54. The zero-order valence-corrected chi connectivity index (χ0v) is 33.5. The van der Waals surface area contributed by atoms with Crippen molar-refractivity contribution >= 4 is 21.9 Å². The molecule has 0 fully saturated rings. The van der Waals surface area contributed by atoms with Crippen LogP contribution in [0.5, 0.6) is 0 Å². The molecule has 0 radical (unpaired) electrons. The molecule has 2 heterocycles. The molecule has 2 aromatic heterocycles. The second-order valence-corrected chi connectivity index (χ2v) is 16.3. The molecule has 0 amide bonds. The van der Waals surface area contributed by atoms with Crippen LogP contribution in [-0.2, 0) is 5.41 Å². The SMILES string of the molecule is c1ccc(-c2ccc(-c3nc(-c4ccccc4)nc(-c4ccc5c(c4)-c4ccccc4-c4ccccc4C54c5ccccc5-c5cc6oc7ccccc7c6cc54)n3)cc2)cc1. The van der Waals surface area contributed by atoms with Crippen LogP contribution in [0, 0.1) is 0 Å². The predicted octanol–water partition coefficient (Wildman–Crippen LogP) is 14.4. The molecular formula is C58H35N3O. The fraction of sp³-hybridized carbons (Fsp3) is 0.0172. The summed E-state index contributed by atoms with van der Waals surface area (Å²) < 4.78 is 6.54. The van der Waals surface area contributed by atoms with E-state index < -0.39 is 5.41 Å². The van der Waals surface area contributed by atoms with Crippen LogP contribution in [0.2, 0.25) is 0 Å². The van der Waals surface area contributed by atoms with Crippen molar-refractivity contribution in [3.05, 3.63) is 235 Å². The summed E-state index contributed by atoms with van der Waals surface area (Å²) in [6, 6.07) is 75.9. The van der Waals surface area contributed by atoms with Crippen LogP contribution in [0.15, 0.2) is 217 Å². The molecule has 11 aromatic rings. The summed E-state index contributed by atoms with van der Waals surface area (Å²) in [6.07, 6.45) is 0. The zero-order chi connectivity index (χ0) is 40.8. The first-order valence-corrected chi connectivity index (χ1v) is 21.1. The minimum atomic E-state index is -0.651. The lowest BCUT2D eigenvalue weighted by Crippen LogP contribution is -2.29. The maximum atomic E-state index is 6.54. The lowest BCUT2D eigenvalue weighted by molar-refractivity contribution is 0.668. The van der Waals surface area contributed by atoms with Gasteiger partial charge in [0, 0.05) is 27.5 Å². The maximum Gasteiger partial charge on any atom is 0.164 e. The monoisotopic (exact) mass is 789 g/mol. The van der Waals surface area contributed by atoms with E-state index in [4.69, 9.17) is 19.4 Å². The first kappa shape index (κ1) is 34.6. The molecule has 62 heavy (non-hydrogen) atoms. The van der Waals surface area contributed by atoms with Gasteiger partial charge in [-0.05, 0) is 91.0 Å². The van der Waals surface area contributed by atoms with Crippen molar-refractivity contribution in [2.45, 2.75) is 5.41 Å². The lowest BCUT2D eigenvalue weighted by atomic mass is 9.65. The van der Waals surface area contributed by atoms with Gasteiger partial charge >= 0.3 is 0 Å². The number of aromatic nitrogens is 3. The quantitative estimate of drug-likeness (QED) is 0.178. The fourth-order valence-corrected chi connectivity index (χ4v) is 10.2. The normalized spacial score (nSPS) is 14.5. The van der Waals surface area contributed by atoms with Crippen molar-refractivity contribution in [1.29, 1.82) is 0 Å². The summed E-state index contributed by atoms with van der Waals surface area (Å²) in [4.78, 5) is 15.6. The second kappa shape index (κ2) is 13.4. The van der Waals surface area contributed by atoms with Crippen molar-refractivity contribution in [1.82, 2.24) is 15.0 Å². The van der Waals surface area contributed by atoms with Crippen molar-refractivity contribution < 1.29 is 4.42 Å². The Bertz CT molecular complexity index is 3570. The van der Waals surface area contributed by atoms with Gasteiger partial charge < -0.3 is 4.42 Å². The molecule has 2 aliphatic rings. The Morgan fingerprint density at radius 1 is 0.274 bits per heavy atom. The molecule has 0 saturated heterocycles. The Morgan fingerprint density at radius 2 is 0.726 bits per heavy atom. The highest BCUT2D eigenvalue weighted by Gasteiger charge is 2.50. The van der Waals surface area contributed by atoms with Crippen LogP contribution in [-0.4, -0.2) is 15.0 Å². The lowest BCUT2D eigenvalue weighted by Gasteiger charge is -2.35. The first-order chi connectivity index (χ1) is 30.7. The standard InChI is InChI=1S/C58H35N3O/c1-3-15-36(16-4-1)37-27-29-39(30-28-37)56-59-55(38-17-5-2-6-18-38)60-57(61-56)40-31-32-51-46(33-40)42-20-8-7-19-41(42)43-21-9-12-24-49(43)58(51)50-25-13-10-22-44(50)47-35-54-48(34-52(47)58)45-23-11-14-26-53(45)62-54/h1-35H. The van der Waals surface area contributed by atoms with Crippen molar-refractivity contribution in [2.24, 2.45) is 0 Å². The summed E-state index contributed by atoms with van der Waals surface area (Å²) in [5.74, 6) is 1.88. The van der Waals surface area contributed by atoms with Crippen molar-refractivity contribution in [3.8, 4) is 78.7 Å². The van der Waals surface area contributed by atoms with E-state index in [9.17, 15) is 0 Å². The van der Waals surface area contributed by atoms with E-state index in [0.29, 0.717) is 17.5 Å². The van der Waals surface area contributed by atoms with Crippen molar-refractivity contribution in [2.75, 3.05) is 0 Å². The molecule has 288 valence electrons. The van der Waals surface area contributed by atoms with Gasteiger partial charge in [-0.3, -0.25) is 0 Å². The Balaban J connectivity index is 1.08. The smallest absolute Gasteiger partial charge is 0.164 e. The Kier molecular flexibility index (Phi) is 7.49. The molecule has 1 atom stereocenters. The Hall–Kier alpha value is -8.21. The number of fused-ring (bicyclic) bond motifs is 15. The van der Waals surface area contributed by atoms with E-state index in [-0.39, 0.29) is 0 Å². The molecule has 1 spiro atoms. The summed E-state index contributed by atoms with van der Waals surface area (Å²) in [5.41, 5.74) is 18.3. The number of hydrogen-bond acceptors (Lipinski definition) is 4. The number of nitrogens with zero attached hydrogens (tertiary/aromatic N) is 3. The molecule has 4 heteroatoms. The van der Waals surface area contributed by atoms with Crippen LogP contribution >= 0.6 is 0 Å². The van der Waals surface area contributed by atoms with Gasteiger partial charge in [-0.2, -0.15) is 0 Å². The molecule has 1 unspecified atom stereocenters. The summed E-state index contributed by atoms with van der Waals surface area (Å²) >= 11 is 0. The van der Waals surface area contributed by atoms with E-state index in [0.717, 1.165) is 49.8 Å². The number of benzene rings is 9. The van der Waals surface area contributed by atoms with E-state index in [1.165, 1.54) is 55.6 Å². The average molecular weight is 790 g/mol. The molecule has 0 bridgehead atoms. The molecule has 0 N–H and O–H groups in total. The first-order valence-electron chi connectivity index (χ1n) is 21.1. The Labute approximate surface area is 358 Å². The molecule has 13 rings (SSSR count). The molecule has 4 nitrogen and oxygen atoms in total. The van der Waals surface area contributed by atoms with Gasteiger partial charge in [-0.25, -0.2) is 15.0 Å².